The van der Waals surface area contributed by atoms with E-state index in [1.165, 1.54) is 4.90 Å². The van der Waals surface area contributed by atoms with Crippen LogP contribution < -0.4 is 0 Å². The van der Waals surface area contributed by atoms with Gasteiger partial charge in [0, 0.05) is 24.0 Å². The van der Waals surface area contributed by atoms with Crippen LogP contribution in [0.4, 0.5) is 13.2 Å². The Morgan fingerprint density at radius 3 is 2.50 bits per heavy atom. The number of furan rings is 1. The molecule has 2 amide bonds. The van der Waals surface area contributed by atoms with Gasteiger partial charge in [-0.05, 0) is 68.1 Å². The van der Waals surface area contributed by atoms with E-state index >= 15 is 0 Å². The van der Waals surface area contributed by atoms with E-state index in [-0.39, 0.29) is 40.1 Å². The van der Waals surface area contributed by atoms with Gasteiger partial charge in [0.05, 0.1) is 10.6 Å². The number of fused-ring (bicyclic) bond motifs is 2. The van der Waals surface area contributed by atoms with Crippen molar-refractivity contribution in [2.75, 3.05) is 19.6 Å². The van der Waals surface area contributed by atoms with Gasteiger partial charge in [0.25, 0.3) is 5.91 Å². The van der Waals surface area contributed by atoms with E-state index in [0.717, 1.165) is 44.6 Å². The van der Waals surface area contributed by atoms with Gasteiger partial charge in [0.2, 0.25) is 11.7 Å². The molecule has 0 radical (unpaired) electrons. The molecule has 9 heteroatoms. The van der Waals surface area contributed by atoms with Gasteiger partial charge in [-0.15, -0.1) is 0 Å². The predicted octanol–water partition coefficient (Wildman–Crippen LogP) is 5.21. The zero-order chi connectivity index (χ0) is 22.4. The highest BCUT2D eigenvalue weighted by molar-refractivity contribution is 6.38. The fourth-order valence-corrected chi connectivity index (χ4v) is 6.20. The fraction of sp³-hybridized carbons (Fsp3) is 0.565. The van der Waals surface area contributed by atoms with E-state index < -0.39 is 23.2 Å². The lowest BCUT2D eigenvalue weighted by Crippen LogP contribution is -2.62. The maximum Gasteiger partial charge on any atom is 0.420 e. The molecule has 0 atom stereocenters. The second-order valence-electron chi connectivity index (χ2n) is 9.77. The summed E-state index contributed by atoms with van der Waals surface area (Å²) in [5.41, 5.74) is -0.830. The van der Waals surface area contributed by atoms with Crippen LogP contribution in [-0.4, -0.2) is 46.8 Å². The number of alkyl halides is 3. The molecule has 5 aliphatic rings. The Bertz CT molecular complexity index is 1140. The maximum atomic E-state index is 13.7. The number of rotatable bonds is 3. The topological polar surface area (TPSA) is 53.8 Å². The molecule has 5 nitrogen and oxygen atoms in total. The number of nitrogens with zero attached hydrogens (tertiary/aromatic N) is 2. The number of benzene rings is 1. The van der Waals surface area contributed by atoms with Crippen LogP contribution in [-0.2, 0) is 11.0 Å². The van der Waals surface area contributed by atoms with Crippen LogP contribution in [0.3, 0.4) is 0 Å². The Morgan fingerprint density at radius 1 is 1.16 bits per heavy atom. The minimum absolute atomic E-state index is 0.0469. The van der Waals surface area contributed by atoms with Gasteiger partial charge in [-0.3, -0.25) is 9.59 Å². The standard InChI is InChI=1S/C23H22ClF3N2O3/c24-18-15-7-14(13-1-2-13)8-16(23(25,26)27)19(15)32-20(18)21(31)28-5-6-29(17(30)11-28)22-4-3-12(9-22)10-22/h7-8,12-13H,1-6,9-11H2. The average Bonchev–Trinajstić information content (AvgIpc) is 3.24. The molecular formula is C23H22ClF3N2O3. The molecule has 0 spiro atoms. The van der Waals surface area contributed by atoms with E-state index in [4.69, 9.17) is 16.0 Å². The number of hydrogen-bond donors (Lipinski definition) is 0. The van der Waals surface area contributed by atoms with Crippen molar-refractivity contribution in [1.29, 1.82) is 0 Å². The summed E-state index contributed by atoms with van der Waals surface area (Å²) < 4.78 is 46.6. The van der Waals surface area contributed by atoms with Crippen molar-refractivity contribution in [2.45, 2.75) is 56.2 Å². The number of halogens is 4. The molecule has 1 aromatic carbocycles. The lowest BCUT2D eigenvalue weighted by atomic mass is 9.75. The monoisotopic (exact) mass is 466 g/mol. The average molecular weight is 467 g/mol. The molecule has 2 aromatic rings. The van der Waals surface area contributed by atoms with Gasteiger partial charge in [-0.1, -0.05) is 11.6 Å². The first kappa shape index (κ1) is 20.4. The van der Waals surface area contributed by atoms with E-state index in [1.807, 2.05) is 4.90 Å². The second-order valence-corrected chi connectivity index (χ2v) is 10.1. The minimum atomic E-state index is -4.63. The predicted molar refractivity (Wildman–Crippen MR) is 111 cm³/mol. The maximum absolute atomic E-state index is 13.7. The SMILES string of the molecule is O=C(c1oc2c(C(F)(F)F)cc(C3CC3)cc2c1Cl)N1CCN(C23CCC(C2)C3)C(=O)C1. The highest BCUT2D eigenvalue weighted by Crippen LogP contribution is 2.55. The van der Waals surface area contributed by atoms with Gasteiger partial charge in [-0.25, -0.2) is 0 Å². The number of carbonyl (C=O) groups excluding carboxylic acids is 2. The largest absolute Gasteiger partial charge is 0.449 e. The molecule has 1 saturated heterocycles. The van der Waals surface area contributed by atoms with Crippen LogP contribution in [0.2, 0.25) is 5.02 Å². The van der Waals surface area contributed by atoms with E-state index in [9.17, 15) is 22.8 Å². The van der Waals surface area contributed by atoms with Crippen molar-refractivity contribution in [2.24, 2.45) is 5.92 Å². The van der Waals surface area contributed by atoms with Gasteiger partial charge < -0.3 is 14.2 Å². The molecule has 0 unspecified atom stereocenters. The quantitative estimate of drug-likeness (QED) is 0.624. The first-order valence-corrected chi connectivity index (χ1v) is 11.5. The van der Waals surface area contributed by atoms with Crippen LogP contribution in [0.1, 0.15) is 66.1 Å². The smallest absolute Gasteiger partial charge is 0.420 e. The number of amides is 2. The van der Waals surface area contributed by atoms with Crippen molar-refractivity contribution in [3.8, 4) is 0 Å². The van der Waals surface area contributed by atoms with Crippen molar-refractivity contribution >= 4 is 34.4 Å². The second kappa shape index (κ2) is 6.65. The zero-order valence-corrected chi connectivity index (χ0v) is 18.1. The molecular weight excluding hydrogens is 445 g/mol. The van der Waals surface area contributed by atoms with E-state index in [1.54, 1.807) is 6.07 Å². The zero-order valence-electron chi connectivity index (χ0n) is 17.3. The van der Waals surface area contributed by atoms with E-state index in [2.05, 4.69) is 0 Å². The van der Waals surface area contributed by atoms with Gasteiger partial charge in [0.15, 0.2) is 0 Å². The molecule has 1 aliphatic heterocycles. The third-order valence-electron chi connectivity index (χ3n) is 7.74. The van der Waals surface area contributed by atoms with Crippen molar-refractivity contribution in [3.05, 3.63) is 34.0 Å². The fourth-order valence-electron chi connectivity index (χ4n) is 5.94. The summed E-state index contributed by atoms with van der Waals surface area (Å²) >= 11 is 6.38. The molecule has 4 aliphatic carbocycles. The van der Waals surface area contributed by atoms with Crippen molar-refractivity contribution in [1.82, 2.24) is 9.80 Å². The summed E-state index contributed by atoms with van der Waals surface area (Å²) in [5.74, 6) is -0.304. The molecule has 7 rings (SSSR count). The Balaban J connectivity index is 1.30. The van der Waals surface area contributed by atoms with E-state index in [0.29, 0.717) is 24.6 Å². The van der Waals surface area contributed by atoms with Gasteiger partial charge in [-0.2, -0.15) is 13.2 Å². The summed E-state index contributed by atoms with van der Waals surface area (Å²) in [7, 11) is 0. The molecule has 0 N–H and O–H groups in total. The Kier molecular flexibility index (Phi) is 4.24. The normalized spacial score (nSPS) is 27.9. The lowest BCUT2D eigenvalue weighted by molar-refractivity contribution is -0.145. The van der Waals surface area contributed by atoms with Crippen LogP contribution in [0, 0.1) is 5.92 Å². The molecule has 2 heterocycles. The molecule has 5 fully saturated rings. The third kappa shape index (κ3) is 2.98. The number of carbonyl (C=O) groups is 2. The Morgan fingerprint density at radius 2 is 1.91 bits per heavy atom. The Hall–Kier alpha value is -2.22. The highest BCUT2D eigenvalue weighted by Gasteiger charge is 2.56. The Labute approximate surface area is 187 Å². The highest BCUT2D eigenvalue weighted by atomic mass is 35.5. The molecule has 2 bridgehead atoms. The van der Waals surface area contributed by atoms with Crippen molar-refractivity contribution in [3.63, 3.8) is 0 Å². The first-order chi connectivity index (χ1) is 15.2. The summed E-state index contributed by atoms with van der Waals surface area (Å²) in [6.45, 7) is 0.622. The number of piperazine rings is 1. The van der Waals surface area contributed by atoms with Crippen LogP contribution >= 0.6 is 11.6 Å². The summed E-state index contributed by atoms with van der Waals surface area (Å²) in [6, 6.07) is 2.70. The summed E-state index contributed by atoms with van der Waals surface area (Å²) in [4.78, 5) is 29.2. The lowest BCUT2D eigenvalue weighted by Gasteiger charge is -2.50. The van der Waals surface area contributed by atoms with Crippen LogP contribution in [0.25, 0.3) is 11.0 Å². The van der Waals surface area contributed by atoms with Gasteiger partial charge >= 0.3 is 6.18 Å². The molecule has 4 saturated carbocycles. The summed E-state index contributed by atoms with van der Waals surface area (Å²) in [6.07, 6.45) is 1.25. The van der Waals surface area contributed by atoms with Crippen molar-refractivity contribution < 1.29 is 27.2 Å². The summed E-state index contributed by atoms with van der Waals surface area (Å²) in [5, 5.41) is -0.0221. The van der Waals surface area contributed by atoms with Crippen LogP contribution in [0.15, 0.2) is 16.5 Å². The molecule has 170 valence electrons. The number of hydrogen-bond acceptors (Lipinski definition) is 3. The van der Waals surface area contributed by atoms with Crippen LogP contribution in [0.5, 0.6) is 0 Å². The minimum Gasteiger partial charge on any atom is -0.449 e. The van der Waals surface area contributed by atoms with Gasteiger partial charge in [0.1, 0.15) is 12.1 Å². The molecule has 32 heavy (non-hydrogen) atoms. The first-order valence-electron chi connectivity index (χ1n) is 11.1. The molecule has 1 aromatic heterocycles. The third-order valence-corrected chi connectivity index (χ3v) is 8.11.